The molecule has 0 radical (unpaired) electrons. The van der Waals surface area contributed by atoms with Crippen molar-refractivity contribution < 1.29 is 14.3 Å². The van der Waals surface area contributed by atoms with Gasteiger partial charge in [0, 0.05) is 7.11 Å². The van der Waals surface area contributed by atoms with Crippen molar-refractivity contribution >= 4 is 5.97 Å². The van der Waals surface area contributed by atoms with Gasteiger partial charge in [0.2, 0.25) is 0 Å². The predicted octanol–water partition coefficient (Wildman–Crippen LogP) is 1.88. The molecule has 17 heavy (non-hydrogen) atoms. The number of ether oxygens (including phenoxy) is 2. The van der Waals surface area contributed by atoms with E-state index in [0.717, 1.165) is 25.8 Å². The average Bonchev–Trinajstić information content (AvgIpc) is 2.30. The molecule has 2 unspecified atom stereocenters. The summed E-state index contributed by atoms with van der Waals surface area (Å²) in [6.07, 6.45) is 4.84. The highest BCUT2D eigenvalue weighted by Gasteiger charge is 2.42. The van der Waals surface area contributed by atoms with Gasteiger partial charge in [0.25, 0.3) is 0 Å². The van der Waals surface area contributed by atoms with Gasteiger partial charge in [0.15, 0.2) is 0 Å². The van der Waals surface area contributed by atoms with Crippen molar-refractivity contribution in [2.24, 2.45) is 0 Å². The highest BCUT2D eigenvalue weighted by atomic mass is 16.5. The Hall–Kier alpha value is -0.610. The Balaban J connectivity index is 2.74. The molecule has 1 aliphatic rings. The van der Waals surface area contributed by atoms with E-state index >= 15 is 0 Å². The first-order valence-electron chi connectivity index (χ1n) is 6.62. The Bertz CT molecular complexity index is 241. The molecule has 0 aliphatic heterocycles. The second-order valence-corrected chi connectivity index (χ2v) is 4.64. The summed E-state index contributed by atoms with van der Waals surface area (Å²) in [5, 5.41) is 3.46. The lowest BCUT2D eigenvalue weighted by Gasteiger charge is -2.43. The monoisotopic (exact) mass is 243 g/mol. The van der Waals surface area contributed by atoms with Gasteiger partial charge in [-0.2, -0.15) is 0 Å². The third kappa shape index (κ3) is 3.68. The highest BCUT2D eigenvalue weighted by molar-refractivity contribution is 5.71. The second kappa shape index (κ2) is 6.97. The Labute approximate surface area is 104 Å². The van der Waals surface area contributed by atoms with Crippen molar-refractivity contribution in [3.8, 4) is 0 Å². The molecule has 0 saturated heterocycles. The third-order valence-corrected chi connectivity index (χ3v) is 3.53. The van der Waals surface area contributed by atoms with E-state index in [1.165, 1.54) is 6.42 Å². The van der Waals surface area contributed by atoms with E-state index in [1.807, 2.05) is 6.92 Å². The van der Waals surface area contributed by atoms with Gasteiger partial charge in [0.05, 0.1) is 24.7 Å². The normalized spacial score (nSPS) is 29.0. The standard InChI is InChI=1S/C13H25NO3/c1-4-14-13(10-12(15)17-5-2)9-7-6-8-11(13)16-3/h11,14H,4-10H2,1-3H3. The fraction of sp³-hybridized carbons (Fsp3) is 0.923. The minimum atomic E-state index is -0.228. The van der Waals surface area contributed by atoms with Gasteiger partial charge in [-0.15, -0.1) is 0 Å². The number of methoxy groups -OCH3 is 1. The Kier molecular flexibility index (Phi) is 5.92. The van der Waals surface area contributed by atoms with Crippen LogP contribution in [0.15, 0.2) is 0 Å². The van der Waals surface area contributed by atoms with Gasteiger partial charge < -0.3 is 14.8 Å². The maximum Gasteiger partial charge on any atom is 0.307 e. The summed E-state index contributed by atoms with van der Waals surface area (Å²) in [7, 11) is 1.73. The Morgan fingerprint density at radius 1 is 1.41 bits per heavy atom. The quantitative estimate of drug-likeness (QED) is 0.724. The van der Waals surface area contributed by atoms with Crippen molar-refractivity contribution in [3.05, 3.63) is 0 Å². The summed E-state index contributed by atoms with van der Waals surface area (Å²) >= 11 is 0. The number of rotatable bonds is 6. The molecule has 0 heterocycles. The summed E-state index contributed by atoms with van der Waals surface area (Å²) < 4.78 is 10.6. The number of likely N-dealkylation sites (N-methyl/N-ethyl adjacent to an activating group) is 1. The lowest BCUT2D eigenvalue weighted by molar-refractivity contribution is -0.147. The number of nitrogens with one attached hydrogen (secondary N) is 1. The van der Waals surface area contributed by atoms with Crippen LogP contribution in [0.2, 0.25) is 0 Å². The second-order valence-electron chi connectivity index (χ2n) is 4.64. The summed E-state index contributed by atoms with van der Waals surface area (Å²) in [6.45, 7) is 5.19. The van der Waals surface area contributed by atoms with Crippen molar-refractivity contribution in [2.45, 2.75) is 57.6 Å². The van der Waals surface area contributed by atoms with Crippen LogP contribution in [-0.4, -0.2) is 37.9 Å². The van der Waals surface area contributed by atoms with Crippen LogP contribution in [0.25, 0.3) is 0 Å². The molecule has 0 spiro atoms. The summed E-state index contributed by atoms with van der Waals surface area (Å²) in [4.78, 5) is 11.7. The average molecular weight is 243 g/mol. The molecule has 0 bridgehead atoms. The van der Waals surface area contributed by atoms with E-state index in [4.69, 9.17) is 9.47 Å². The van der Waals surface area contributed by atoms with Gasteiger partial charge in [-0.1, -0.05) is 19.8 Å². The Morgan fingerprint density at radius 3 is 2.76 bits per heavy atom. The van der Waals surface area contributed by atoms with Crippen molar-refractivity contribution in [3.63, 3.8) is 0 Å². The van der Waals surface area contributed by atoms with Gasteiger partial charge in [-0.05, 0) is 26.3 Å². The summed E-state index contributed by atoms with van der Waals surface area (Å²) in [6, 6.07) is 0. The first-order valence-corrected chi connectivity index (χ1v) is 6.62. The minimum absolute atomic E-state index is 0.112. The van der Waals surface area contributed by atoms with Gasteiger partial charge in [-0.25, -0.2) is 0 Å². The van der Waals surface area contributed by atoms with Gasteiger partial charge in [0.1, 0.15) is 0 Å². The van der Waals surface area contributed by atoms with Crippen LogP contribution in [0, 0.1) is 0 Å². The van der Waals surface area contributed by atoms with E-state index in [2.05, 4.69) is 12.2 Å². The molecule has 1 rings (SSSR count). The first kappa shape index (κ1) is 14.5. The van der Waals surface area contributed by atoms with Crippen LogP contribution in [0.1, 0.15) is 46.0 Å². The van der Waals surface area contributed by atoms with Gasteiger partial charge >= 0.3 is 5.97 Å². The lowest BCUT2D eigenvalue weighted by Crippen LogP contribution is -2.58. The van der Waals surface area contributed by atoms with Crippen LogP contribution in [0.3, 0.4) is 0 Å². The summed E-state index contributed by atoms with van der Waals surface area (Å²) in [5.41, 5.74) is -0.228. The fourth-order valence-electron chi connectivity index (χ4n) is 2.84. The van der Waals surface area contributed by atoms with Crippen LogP contribution >= 0.6 is 0 Å². The SMILES string of the molecule is CCNC1(CC(=O)OCC)CCCCC1OC. The van der Waals surface area contributed by atoms with Gasteiger partial charge in [-0.3, -0.25) is 4.79 Å². The molecule has 1 aliphatic carbocycles. The number of hydrogen-bond donors (Lipinski definition) is 1. The molecule has 4 heteroatoms. The number of esters is 1. The van der Waals surface area contributed by atoms with Crippen LogP contribution < -0.4 is 5.32 Å². The molecule has 1 fully saturated rings. The van der Waals surface area contributed by atoms with E-state index < -0.39 is 0 Å². The minimum Gasteiger partial charge on any atom is -0.466 e. The molecule has 1 N–H and O–H groups in total. The van der Waals surface area contributed by atoms with Crippen molar-refractivity contribution in [1.82, 2.24) is 5.32 Å². The van der Waals surface area contributed by atoms with Crippen LogP contribution in [0.4, 0.5) is 0 Å². The highest BCUT2D eigenvalue weighted by Crippen LogP contribution is 2.33. The van der Waals surface area contributed by atoms with Crippen LogP contribution in [0.5, 0.6) is 0 Å². The zero-order valence-electron chi connectivity index (χ0n) is 11.3. The maximum atomic E-state index is 11.7. The van der Waals surface area contributed by atoms with Crippen molar-refractivity contribution in [2.75, 3.05) is 20.3 Å². The van der Waals surface area contributed by atoms with E-state index in [9.17, 15) is 4.79 Å². The van der Waals surface area contributed by atoms with E-state index in [1.54, 1.807) is 7.11 Å². The number of carbonyl (C=O) groups excluding carboxylic acids is 1. The maximum absolute atomic E-state index is 11.7. The Morgan fingerprint density at radius 2 is 2.18 bits per heavy atom. The number of carbonyl (C=O) groups is 1. The topological polar surface area (TPSA) is 47.6 Å². The predicted molar refractivity (Wildman–Crippen MR) is 66.9 cm³/mol. The molecular formula is C13H25NO3. The van der Waals surface area contributed by atoms with E-state index in [0.29, 0.717) is 13.0 Å². The first-order chi connectivity index (χ1) is 8.18. The molecule has 2 atom stereocenters. The van der Waals surface area contributed by atoms with Crippen molar-refractivity contribution in [1.29, 1.82) is 0 Å². The molecule has 0 aromatic heterocycles. The zero-order valence-corrected chi connectivity index (χ0v) is 11.3. The summed E-state index contributed by atoms with van der Waals surface area (Å²) in [5.74, 6) is -0.127. The molecule has 0 aromatic rings. The van der Waals surface area contributed by atoms with Crippen LogP contribution in [-0.2, 0) is 14.3 Å². The molecule has 0 amide bonds. The van der Waals surface area contributed by atoms with E-state index in [-0.39, 0.29) is 17.6 Å². The molecule has 0 aromatic carbocycles. The smallest absolute Gasteiger partial charge is 0.307 e. The lowest BCUT2D eigenvalue weighted by atomic mass is 9.76. The fourth-order valence-corrected chi connectivity index (χ4v) is 2.84. The number of hydrogen-bond acceptors (Lipinski definition) is 4. The largest absolute Gasteiger partial charge is 0.466 e. The third-order valence-electron chi connectivity index (χ3n) is 3.53. The molecular weight excluding hydrogens is 218 g/mol. The molecule has 100 valence electrons. The zero-order chi connectivity index (χ0) is 12.7. The molecule has 4 nitrogen and oxygen atoms in total. The molecule has 1 saturated carbocycles.